The number of hydrogen-bond donors (Lipinski definition) is 1. The molecule has 222 valence electrons. The molecule has 0 saturated heterocycles. The minimum Gasteiger partial charge on any atom is -0.291 e. The Morgan fingerprint density at radius 3 is 2.37 bits per heavy atom. The van der Waals surface area contributed by atoms with Gasteiger partial charge in [0.15, 0.2) is 5.78 Å². The van der Waals surface area contributed by atoms with E-state index in [-0.39, 0.29) is 23.7 Å². The van der Waals surface area contributed by atoms with Gasteiger partial charge in [0.25, 0.3) is 0 Å². The second-order valence-corrected chi connectivity index (χ2v) is 13.7. The van der Waals surface area contributed by atoms with E-state index in [9.17, 15) is 17.6 Å². The topological polar surface area (TPSA) is 71.8 Å². The first-order valence-electron chi connectivity index (χ1n) is 15.0. The zero-order valence-electron chi connectivity index (χ0n) is 24.5. The van der Waals surface area contributed by atoms with Crippen molar-refractivity contribution in [2.45, 2.75) is 62.4 Å². The number of carbonyl (C=O) groups excluding carboxylic acids is 1. The number of allylic oxidation sites excluding steroid dienone is 5. The van der Waals surface area contributed by atoms with E-state index in [0.29, 0.717) is 36.3 Å². The number of likely N-dealkylation sites (N-methyl/N-ethyl adjacent to an activating group) is 1. The monoisotopic (exact) mass is 598 g/mol. The van der Waals surface area contributed by atoms with E-state index < -0.39 is 15.4 Å². The SMILES string of the molecule is CC=CC1=C([NH+](C)c2ccc(F)cc2)C=C2CCC(N(C3CC3)S(=O)(=O)c3ccccc3)CC2(C(=O)c2ccccn2)C1. The van der Waals surface area contributed by atoms with Crippen molar-refractivity contribution >= 4 is 21.5 Å². The first-order chi connectivity index (χ1) is 20.7. The molecule has 2 saturated carbocycles. The number of benzene rings is 2. The molecule has 0 amide bonds. The van der Waals surface area contributed by atoms with Gasteiger partial charge in [-0.3, -0.25) is 14.7 Å². The van der Waals surface area contributed by atoms with Gasteiger partial charge in [0, 0.05) is 36.0 Å². The molecule has 1 aromatic heterocycles. The number of carbonyl (C=O) groups is 1. The Hall–Kier alpha value is -3.72. The second-order valence-electron chi connectivity index (χ2n) is 11.8. The van der Waals surface area contributed by atoms with Crippen molar-refractivity contribution in [1.29, 1.82) is 0 Å². The predicted octanol–water partition coefficient (Wildman–Crippen LogP) is 5.80. The van der Waals surface area contributed by atoms with Gasteiger partial charge in [-0.25, -0.2) is 12.8 Å². The number of halogens is 1. The second kappa shape index (κ2) is 11.8. The number of fused-ring (bicyclic) bond motifs is 1. The zero-order chi connectivity index (χ0) is 30.2. The largest absolute Gasteiger partial charge is 0.291 e. The minimum atomic E-state index is -3.75. The normalized spacial score (nSPS) is 23.3. The number of nitrogens with one attached hydrogen (secondary N) is 1. The van der Waals surface area contributed by atoms with Gasteiger partial charge >= 0.3 is 0 Å². The number of aromatic nitrogens is 1. The molecule has 3 aliphatic carbocycles. The molecule has 8 heteroatoms. The van der Waals surface area contributed by atoms with Gasteiger partial charge < -0.3 is 0 Å². The maximum atomic E-state index is 14.6. The van der Waals surface area contributed by atoms with Crippen LogP contribution in [0.3, 0.4) is 0 Å². The Bertz CT molecular complexity index is 1700. The third-order valence-corrected chi connectivity index (χ3v) is 11.1. The molecule has 43 heavy (non-hydrogen) atoms. The molecule has 0 bridgehead atoms. The Kier molecular flexibility index (Phi) is 8.02. The molecule has 3 atom stereocenters. The fourth-order valence-corrected chi connectivity index (χ4v) is 8.77. The van der Waals surface area contributed by atoms with E-state index in [1.807, 2.05) is 38.3 Å². The van der Waals surface area contributed by atoms with Crippen molar-refractivity contribution in [2.24, 2.45) is 5.41 Å². The number of hydrogen-bond acceptors (Lipinski definition) is 4. The van der Waals surface area contributed by atoms with Gasteiger partial charge in [0.05, 0.1) is 17.4 Å². The van der Waals surface area contributed by atoms with Crippen LogP contribution in [0, 0.1) is 11.2 Å². The Labute approximate surface area is 253 Å². The molecular weight excluding hydrogens is 561 g/mol. The smallest absolute Gasteiger partial charge is 0.243 e. The van der Waals surface area contributed by atoms with Crippen LogP contribution in [-0.4, -0.2) is 42.6 Å². The molecule has 2 fully saturated rings. The molecule has 1 N–H and O–H groups in total. The van der Waals surface area contributed by atoms with Crippen LogP contribution in [0.2, 0.25) is 0 Å². The minimum absolute atomic E-state index is 0.0542. The quantitative estimate of drug-likeness (QED) is 0.316. The van der Waals surface area contributed by atoms with Crippen LogP contribution in [0.1, 0.15) is 55.9 Å². The Morgan fingerprint density at radius 2 is 1.72 bits per heavy atom. The van der Waals surface area contributed by atoms with Crippen LogP contribution in [0.4, 0.5) is 10.1 Å². The lowest BCUT2D eigenvalue weighted by Gasteiger charge is -2.47. The van der Waals surface area contributed by atoms with Crippen molar-refractivity contribution < 1.29 is 22.5 Å². The highest BCUT2D eigenvalue weighted by Gasteiger charge is 2.54. The fraction of sp³-hybridized carbons (Fsp3) is 0.314. The van der Waals surface area contributed by atoms with Gasteiger partial charge in [-0.05, 0) is 93.5 Å². The van der Waals surface area contributed by atoms with Gasteiger partial charge in [0.2, 0.25) is 10.0 Å². The summed E-state index contributed by atoms with van der Waals surface area (Å²) in [4.78, 5) is 20.3. The Morgan fingerprint density at radius 1 is 1.00 bits per heavy atom. The van der Waals surface area contributed by atoms with Gasteiger partial charge in [-0.1, -0.05) is 36.4 Å². The molecule has 0 radical (unpaired) electrons. The first kappa shape index (κ1) is 29.4. The van der Waals surface area contributed by atoms with E-state index in [1.54, 1.807) is 59.0 Å². The fourth-order valence-electron chi connectivity index (χ4n) is 6.85. The van der Waals surface area contributed by atoms with Gasteiger partial charge in [-0.2, -0.15) is 4.31 Å². The summed E-state index contributed by atoms with van der Waals surface area (Å²) >= 11 is 0. The van der Waals surface area contributed by atoms with Crippen molar-refractivity contribution in [3.63, 3.8) is 0 Å². The summed E-state index contributed by atoms with van der Waals surface area (Å²) in [5.74, 6) is -0.359. The molecule has 2 aromatic carbocycles. The lowest BCUT2D eigenvalue weighted by atomic mass is 9.60. The summed E-state index contributed by atoms with van der Waals surface area (Å²) < 4.78 is 43.6. The number of rotatable bonds is 9. The average Bonchev–Trinajstić information content (AvgIpc) is 3.86. The predicted molar refractivity (Wildman–Crippen MR) is 165 cm³/mol. The molecule has 3 unspecified atom stereocenters. The molecule has 3 aromatic rings. The van der Waals surface area contributed by atoms with Crippen LogP contribution < -0.4 is 4.90 Å². The Balaban J connectivity index is 1.44. The van der Waals surface area contributed by atoms with Crippen LogP contribution in [0.25, 0.3) is 0 Å². The molecule has 0 aliphatic heterocycles. The molecule has 1 heterocycles. The number of nitrogens with zero attached hydrogens (tertiary/aromatic N) is 2. The number of pyridine rings is 1. The number of sulfonamides is 1. The average molecular weight is 599 g/mol. The zero-order valence-corrected chi connectivity index (χ0v) is 25.4. The van der Waals surface area contributed by atoms with Gasteiger partial charge in [0.1, 0.15) is 22.9 Å². The van der Waals surface area contributed by atoms with Crippen molar-refractivity contribution in [3.05, 3.63) is 126 Å². The lowest BCUT2D eigenvalue weighted by Crippen LogP contribution is -3.02. The number of quaternary nitrogens is 1. The number of Topliss-reactive ketones (excluding diaryl/α,β-unsaturated/α-hetero) is 1. The third-order valence-electron chi connectivity index (χ3n) is 9.07. The van der Waals surface area contributed by atoms with Gasteiger partial charge in [-0.15, -0.1) is 0 Å². The summed E-state index contributed by atoms with van der Waals surface area (Å²) in [6, 6.07) is 20.1. The van der Waals surface area contributed by atoms with E-state index in [1.165, 1.54) is 12.1 Å². The number of ketones is 1. The van der Waals surface area contributed by atoms with Crippen LogP contribution >= 0.6 is 0 Å². The summed E-state index contributed by atoms with van der Waals surface area (Å²) in [5.41, 5.74) is 3.41. The molecule has 6 nitrogen and oxygen atoms in total. The van der Waals surface area contributed by atoms with E-state index in [0.717, 1.165) is 40.3 Å². The van der Waals surface area contributed by atoms with E-state index >= 15 is 0 Å². The molecule has 3 aliphatic rings. The highest BCUT2D eigenvalue weighted by Crippen LogP contribution is 2.53. The van der Waals surface area contributed by atoms with Crippen LogP contribution in [0.15, 0.2) is 119 Å². The van der Waals surface area contributed by atoms with Crippen molar-refractivity contribution in [3.8, 4) is 0 Å². The van der Waals surface area contributed by atoms with Crippen molar-refractivity contribution in [2.75, 3.05) is 7.05 Å². The molecule has 6 rings (SSSR count). The summed E-state index contributed by atoms with van der Waals surface area (Å²) in [5, 5.41) is 0. The first-order valence-corrected chi connectivity index (χ1v) is 16.4. The molecular formula is C35H37FN3O3S+. The van der Waals surface area contributed by atoms with Crippen molar-refractivity contribution in [1.82, 2.24) is 9.29 Å². The maximum Gasteiger partial charge on any atom is 0.243 e. The van der Waals surface area contributed by atoms with Crippen LogP contribution in [-0.2, 0) is 10.0 Å². The summed E-state index contributed by atoms with van der Waals surface area (Å²) in [6.07, 6.45) is 11.5. The summed E-state index contributed by atoms with van der Waals surface area (Å²) in [7, 11) is -1.72. The van der Waals surface area contributed by atoms with Crippen LogP contribution in [0.5, 0.6) is 0 Å². The highest BCUT2D eigenvalue weighted by molar-refractivity contribution is 7.89. The summed E-state index contributed by atoms with van der Waals surface area (Å²) in [6.45, 7) is 1.95. The third kappa shape index (κ3) is 5.55. The van der Waals surface area contributed by atoms with E-state index in [2.05, 4.69) is 11.1 Å². The maximum absolute atomic E-state index is 14.6. The lowest BCUT2D eigenvalue weighted by molar-refractivity contribution is -0.763. The highest BCUT2D eigenvalue weighted by atomic mass is 32.2. The standard InChI is InChI=1S/C35H36FN3O3S/c1-3-9-25-23-35(34(40)32-12-7-8-21-37-32)24-30(39(29-19-20-29)43(41,42)31-10-5-4-6-11-31)16-13-26(35)22-33(25)38(2)28-17-14-27(36)15-18-28/h3-12,14-15,17-18,21-22,29-30H,13,16,19-20,23-24H2,1-2H3/p+1. The van der Waals surface area contributed by atoms with E-state index in [4.69, 9.17) is 0 Å². The molecule has 0 spiro atoms.